The van der Waals surface area contributed by atoms with E-state index in [1.807, 2.05) is 6.92 Å². The number of carboxylic acid groups (broad SMARTS) is 1. The molecular formula is C25H23NO3. The first-order valence-electron chi connectivity index (χ1n) is 12.2. The zero-order valence-electron chi connectivity index (χ0n) is 22.6. The molecule has 2 aromatic carbocycles. The van der Waals surface area contributed by atoms with Gasteiger partial charge in [0.25, 0.3) is 0 Å². The molecule has 0 spiro atoms. The van der Waals surface area contributed by atoms with E-state index in [-0.39, 0.29) is 34.6 Å². The zero-order valence-corrected chi connectivity index (χ0v) is 16.6. The lowest BCUT2D eigenvalue weighted by molar-refractivity contribution is 0.0697. The van der Waals surface area contributed by atoms with Crippen LogP contribution < -0.4 is 5.36 Å². The Bertz CT molecular complexity index is 1610. The SMILES string of the molecule is [2H]c1c([2H])c([2H])c(-c2c3cc(C)/c(=N\CC)c([2H])c-3oc3c([2H])c(C)c(C)cc23)c(C(=O)O)c1[2H]. The number of fused-ring (bicyclic) bond motifs is 2. The van der Waals surface area contributed by atoms with Crippen LogP contribution in [0.1, 0.15) is 42.2 Å². The maximum atomic E-state index is 12.3. The number of benzene rings is 3. The van der Waals surface area contributed by atoms with Crippen molar-refractivity contribution in [1.29, 1.82) is 0 Å². The lowest BCUT2D eigenvalue weighted by Gasteiger charge is -2.18. The minimum atomic E-state index is -1.51. The third kappa shape index (κ3) is 3.21. The fourth-order valence-electron chi connectivity index (χ4n) is 3.38. The summed E-state index contributed by atoms with van der Waals surface area (Å²) in [5.74, 6) is -1.45. The summed E-state index contributed by atoms with van der Waals surface area (Å²) in [5.41, 5.74) is 1.80. The normalized spacial score (nSPS) is 15.0. The molecule has 146 valence electrons. The minimum absolute atomic E-state index is 0.0414. The number of carbonyl (C=O) groups is 1. The Morgan fingerprint density at radius 3 is 2.55 bits per heavy atom. The Balaban J connectivity index is 2.42. The highest BCUT2D eigenvalue weighted by atomic mass is 16.4. The zero-order chi connectivity index (χ0) is 25.9. The highest BCUT2D eigenvalue weighted by Crippen LogP contribution is 2.42. The summed E-state index contributed by atoms with van der Waals surface area (Å²) >= 11 is 0. The van der Waals surface area contributed by atoms with Crippen molar-refractivity contribution in [3.63, 3.8) is 0 Å². The summed E-state index contributed by atoms with van der Waals surface area (Å²) in [6.07, 6.45) is 0. The molecule has 1 aliphatic carbocycles. The molecule has 0 aromatic heterocycles. The van der Waals surface area contributed by atoms with Gasteiger partial charge in [-0.15, -0.1) is 0 Å². The van der Waals surface area contributed by atoms with Crippen molar-refractivity contribution in [3.8, 4) is 22.5 Å². The first-order valence-corrected chi connectivity index (χ1v) is 9.24. The largest absolute Gasteiger partial charge is 0.478 e. The number of aryl methyl sites for hydroxylation is 2. The van der Waals surface area contributed by atoms with E-state index in [2.05, 4.69) is 4.99 Å². The van der Waals surface area contributed by atoms with Crippen LogP contribution in [-0.2, 0) is 0 Å². The molecule has 2 aromatic rings. The molecule has 4 heteroatoms. The number of hydrogen-bond donors (Lipinski definition) is 1. The topological polar surface area (TPSA) is 62.8 Å². The van der Waals surface area contributed by atoms with Crippen LogP contribution in [0.3, 0.4) is 0 Å². The van der Waals surface area contributed by atoms with Gasteiger partial charge < -0.3 is 9.52 Å². The molecule has 0 amide bonds. The summed E-state index contributed by atoms with van der Waals surface area (Å²) in [6.45, 7) is 7.57. The highest BCUT2D eigenvalue weighted by Gasteiger charge is 2.22. The smallest absolute Gasteiger partial charge is 0.336 e. The molecule has 0 saturated heterocycles. The van der Waals surface area contributed by atoms with Gasteiger partial charge in [0.15, 0.2) is 0 Å². The lowest BCUT2D eigenvalue weighted by Crippen LogP contribution is -2.09. The predicted octanol–water partition coefficient (Wildman–Crippen LogP) is 5.75. The van der Waals surface area contributed by atoms with Crippen LogP contribution in [0.25, 0.3) is 33.4 Å². The second-order valence-corrected chi connectivity index (χ2v) is 6.87. The molecule has 0 bridgehead atoms. The Morgan fingerprint density at radius 2 is 1.83 bits per heavy atom. The second-order valence-electron chi connectivity index (χ2n) is 6.87. The molecule has 4 rings (SSSR count). The number of rotatable bonds is 3. The van der Waals surface area contributed by atoms with Crippen molar-refractivity contribution < 1.29 is 22.5 Å². The van der Waals surface area contributed by atoms with Gasteiger partial charge in [-0.25, -0.2) is 4.79 Å². The van der Waals surface area contributed by atoms with E-state index in [4.69, 9.17) is 12.6 Å². The van der Waals surface area contributed by atoms with Crippen LogP contribution in [0, 0.1) is 20.8 Å². The van der Waals surface area contributed by atoms with Gasteiger partial charge in [-0.2, -0.15) is 0 Å². The van der Waals surface area contributed by atoms with E-state index in [0.717, 1.165) is 5.56 Å². The highest BCUT2D eigenvalue weighted by molar-refractivity contribution is 6.07. The van der Waals surface area contributed by atoms with E-state index in [9.17, 15) is 9.90 Å². The Morgan fingerprint density at radius 1 is 1.07 bits per heavy atom. The third-order valence-electron chi connectivity index (χ3n) is 4.92. The Labute approximate surface area is 177 Å². The van der Waals surface area contributed by atoms with Crippen molar-refractivity contribution in [2.24, 2.45) is 4.99 Å². The molecule has 0 saturated carbocycles. The van der Waals surface area contributed by atoms with E-state index < -0.39 is 35.7 Å². The molecule has 1 aliphatic heterocycles. The van der Waals surface area contributed by atoms with Gasteiger partial charge in [0.2, 0.25) is 0 Å². The number of aromatic carboxylic acids is 1. The molecule has 0 fully saturated rings. The minimum Gasteiger partial charge on any atom is -0.478 e. The van der Waals surface area contributed by atoms with Crippen molar-refractivity contribution in [2.75, 3.05) is 6.54 Å². The predicted molar refractivity (Wildman–Crippen MR) is 116 cm³/mol. The van der Waals surface area contributed by atoms with Crippen molar-refractivity contribution >= 4 is 16.9 Å². The van der Waals surface area contributed by atoms with Crippen molar-refractivity contribution in [2.45, 2.75) is 27.7 Å². The maximum Gasteiger partial charge on any atom is 0.336 e. The summed E-state index contributed by atoms with van der Waals surface area (Å²) < 4.78 is 56.7. The summed E-state index contributed by atoms with van der Waals surface area (Å²) in [5, 5.41) is 10.7. The molecule has 4 nitrogen and oxygen atoms in total. The molecular weight excluding hydrogens is 362 g/mol. The van der Waals surface area contributed by atoms with Gasteiger partial charge in [-0.3, -0.25) is 4.99 Å². The van der Waals surface area contributed by atoms with E-state index in [0.29, 0.717) is 34.0 Å². The molecule has 1 N–H and O–H groups in total. The van der Waals surface area contributed by atoms with Crippen LogP contribution in [0.2, 0.25) is 0 Å². The molecule has 0 atom stereocenters. The van der Waals surface area contributed by atoms with E-state index in [1.54, 1.807) is 32.9 Å². The lowest BCUT2D eigenvalue weighted by atomic mass is 9.89. The molecule has 1 heterocycles. The van der Waals surface area contributed by atoms with Crippen LogP contribution in [-0.4, -0.2) is 17.6 Å². The van der Waals surface area contributed by atoms with Gasteiger partial charge in [0, 0.05) is 29.1 Å². The summed E-state index contributed by atoms with van der Waals surface area (Å²) in [6, 6.07) is 0.991. The summed E-state index contributed by atoms with van der Waals surface area (Å²) in [7, 11) is 0. The van der Waals surface area contributed by atoms with Crippen LogP contribution in [0.15, 0.2) is 57.8 Å². The fraction of sp³-hybridized carbons (Fsp3) is 0.200. The maximum absolute atomic E-state index is 12.3. The molecule has 0 radical (unpaired) electrons. The fourth-order valence-corrected chi connectivity index (χ4v) is 3.38. The number of carboxylic acids is 1. The van der Waals surface area contributed by atoms with Gasteiger partial charge in [-0.05, 0) is 74.2 Å². The molecule has 2 aliphatic rings. The standard InChI is InChI=1S/C25H23NO3/c1-5-26-21-13-23-20(11-16(21)4)24(17-8-6-7-9-18(17)25(27)28)19-10-14(2)15(3)12-22(19)29-23/h6-13H,5H2,1-4H3,(H,27,28)/b26-21-/i6D,7D,8D,9D,12D,13D. The van der Waals surface area contributed by atoms with Crippen LogP contribution in [0.5, 0.6) is 0 Å². The number of nitrogens with zero attached hydrogens (tertiary/aromatic N) is 1. The second kappa shape index (κ2) is 7.21. The van der Waals surface area contributed by atoms with E-state index in [1.165, 1.54) is 0 Å². The summed E-state index contributed by atoms with van der Waals surface area (Å²) in [4.78, 5) is 16.7. The van der Waals surface area contributed by atoms with Crippen LogP contribution in [0.4, 0.5) is 0 Å². The van der Waals surface area contributed by atoms with Crippen LogP contribution >= 0.6 is 0 Å². The third-order valence-corrected chi connectivity index (χ3v) is 4.92. The first kappa shape index (κ1) is 12.9. The Kier molecular flexibility index (Phi) is 3.22. The van der Waals surface area contributed by atoms with E-state index >= 15 is 0 Å². The van der Waals surface area contributed by atoms with Crippen molar-refractivity contribution in [3.05, 3.63) is 76.0 Å². The number of hydrogen-bond acceptors (Lipinski definition) is 3. The first-order chi connectivity index (χ1) is 16.4. The van der Waals surface area contributed by atoms with Gasteiger partial charge in [0.05, 0.1) is 19.1 Å². The average Bonchev–Trinajstić information content (AvgIpc) is 2.80. The Hall–Kier alpha value is -3.40. The van der Waals surface area contributed by atoms with Gasteiger partial charge in [0.1, 0.15) is 11.3 Å². The van der Waals surface area contributed by atoms with Gasteiger partial charge in [-0.1, -0.05) is 18.1 Å². The van der Waals surface area contributed by atoms with Gasteiger partial charge >= 0.3 is 5.97 Å². The monoisotopic (exact) mass is 391 g/mol. The average molecular weight is 391 g/mol. The van der Waals surface area contributed by atoms with Crippen molar-refractivity contribution in [1.82, 2.24) is 0 Å². The quantitative estimate of drug-likeness (QED) is 0.452. The molecule has 0 unspecified atom stereocenters. The molecule has 29 heavy (non-hydrogen) atoms.